The van der Waals surface area contributed by atoms with Gasteiger partial charge in [0.25, 0.3) is 5.91 Å². The van der Waals surface area contributed by atoms with E-state index in [1.165, 1.54) is 22.7 Å². The highest BCUT2D eigenvalue weighted by molar-refractivity contribution is 7.16. The second-order valence-electron chi connectivity index (χ2n) is 6.50. The summed E-state index contributed by atoms with van der Waals surface area (Å²) in [6.45, 7) is 1.95. The molecule has 2 N–H and O–H groups in total. The van der Waals surface area contributed by atoms with Crippen LogP contribution in [0.5, 0.6) is 0 Å². The Kier molecular flexibility index (Phi) is 5.43. The van der Waals surface area contributed by atoms with Gasteiger partial charge in [-0.3, -0.25) is 14.9 Å². The van der Waals surface area contributed by atoms with Crippen molar-refractivity contribution >= 4 is 56.4 Å². The minimum Gasteiger partial charge on any atom is -0.301 e. The lowest BCUT2D eigenvalue weighted by Gasteiger charge is -2.19. The fourth-order valence-corrected chi connectivity index (χ4v) is 4.96. The molecule has 0 saturated heterocycles. The lowest BCUT2D eigenvalue weighted by molar-refractivity contribution is -0.117. The minimum absolute atomic E-state index is 0.101. The molecule has 1 unspecified atom stereocenters. The molecular formula is C19H17ClN4O2S2. The highest BCUT2D eigenvalue weighted by Gasteiger charge is 2.31. The van der Waals surface area contributed by atoms with Crippen LogP contribution in [0.1, 0.15) is 44.6 Å². The summed E-state index contributed by atoms with van der Waals surface area (Å²) in [6, 6.07) is 6.67. The Hall–Kier alpha value is -2.29. The summed E-state index contributed by atoms with van der Waals surface area (Å²) >= 11 is 8.74. The smallest absolute Gasteiger partial charge is 0.257 e. The molecule has 1 aliphatic rings. The predicted molar refractivity (Wildman–Crippen MR) is 113 cm³/mol. The predicted octanol–water partition coefficient (Wildman–Crippen LogP) is 4.87. The van der Waals surface area contributed by atoms with E-state index >= 15 is 0 Å². The van der Waals surface area contributed by atoms with Crippen LogP contribution in [0.4, 0.5) is 10.3 Å². The molecule has 0 spiro atoms. The normalized spacial score (nSPS) is 15.7. The Labute approximate surface area is 175 Å². The molecule has 3 aromatic rings. The number of aromatic nitrogens is 2. The minimum atomic E-state index is -0.328. The van der Waals surface area contributed by atoms with Crippen LogP contribution < -0.4 is 10.6 Å². The van der Waals surface area contributed by atoms with E-state index in [9.17, 15) is 9.59 Å². The maximum atomic E-state index is 12.7. The summed E-state index contributed by atoms with van der Waals surface area (Å²) in [7, 11) is 0. The fraction of sp³-hybridized carbons (Fsp3) is 0.263. The maximum Gasteiger partial charge on any atom is 0.257 e. The number of rotatable bonds is 4. The summed E-state index contributed by atoms with van der Waals surface area (Å²) in [5.74, 6) is -0.677. The molecule has 1 aliphatic carbocycles. The van der Waals surface area contributed by atoms with Gasteiger partial charge in [0.2, 0.25) is 5.91 Å². The number of carbonyl (C=O) groups excluding carboxylic acids is 2. The van der Waals surface area contributed by atoms with Crippen molar-refractivity contribution in [3.05, 3.63) is 56.5 Å². The first-order valence-corrected chi connectivity index (χ1v) is 10.8. The first-order valence-electron chi connectivity index (χ1n) is 8.79. The van der Waals surface area contributed by atoms with Crippen molar-refractivity contribution in [3.8, 4) is 0 Å². The van der Waals surface area contributed by atoms with E-state index in [1.807, 2.05) is 6.92 Å². The number of aryl methyl sites for hydroxylation is 2. The molecule has 0 aliphatic heterocycles. The highest BCUT2D eigenvalue weighted by Crippen LogP contribution is 2.37. The zero-order valence-electron chi connectivity index (χ0n) is 15.0. The number of amides is 2. The number of nitrogens with zero attached hydrogens (tertiary/aromatic N) is 2. The fourth-order valence-electron chi connectivity index (χ4n) is 3.10. The van der Waals surface area contributed by atoms with Crippen molar-refractivity contribution in [1.82, 2.24) is 9.97 Å². The SMILES string of the molecule is Cc1cnc(NC(=O)C2CCCc3sc(NC(=O)c4ccc(Cl)cc4)nc32)s1. The highest BCUT2D eigenvalue weighted by atomic mass is 35.5. The molecular weight excluding hydrogens is 416 g/mol. The number of hydrogen-bond donors (Lipinski definition) is 2. The second kappa shape index (κ2) is 7.98. The Bertz CT molecular complexity index is 1030. The largest absolute Gasteiger partial charge is 0.301 e. The summed E-state index contributed by atoms with van der Waals surface area (Å²) in [5.41, 5.74) is 1.26. The molecule has 2 amide bonds. The van der Waals surface area contributed by atoms with E-state index in [0.29, 0.717) is 20.8 Å². The van der Waals surface area contributed by atoms with Gasteiger partial charge in [-0.1, -0.05) is 11.6 Å². The van der Waals surface area contributed by atoms with E-state index in [1.54, 1.807) is 30.5 Å². The molecule has 0 saturated carbocycles. The van der Waals surface area contributed by atoms with Crippen molar-refractivity contribution in [2.75, 3.05) is 10.6 Å². The third kappa shape index (κ3) is 4.09. The third-order valence-electron chi connectivity index (χ3n) is 4.45. The van der Waals surface area contributed by atoms with Crippen molar-refractivity contribution in [2.45, 2.75) is 32.1 Å². The second-order valence-corrected chi connectivity index (χ2v) is 9.25. The average molecular weight is 433 g/mol. The van der Waals surface area contributed by atoms with Gasteiger partial charge in [-0.2, -0.15) is 0 Å². The van der Waals surface area contributed by atoms with Gasteiger partial charge in [-0.05, 0) is 50.5 Å². The molecule has 9 heteroatoms. The number of thiazole rings is 2. The first-order chi connectivity index (χ1) is 13.5. The van der Waals surface area contributed by atoms with Gasteiger partial charge < -0.3 is 5.32 Å². The number of nitrogens with one attached hydrogen (secondary N) is 2. The van der Waals surface area contributed by atoms with E-state index in [0.717, 1.165) is 34.7 Å². The molecule has 0 fully saturated rings. The summed E-state index contributed by atoms with van der Waals surface area (Å²) in [5, 5.41) is 7.40. The molecule has 2 aromatic heterocycles. The standard InChI is InChI=1S/C19H17ClN4O2S2/c1-10-9-21-18(27-10)24-17(26)13-3-2-4-14-15(13)22-19(28-14)23-16(25)11-5-7-12(20)8-6-11/h5-9,13H,2-4H2,1H3,(H,21,24,26)(H,22,23,25). The first kappa shape index (κ1) is 19.0. The maximum absolute atomic E-state index is 12.7. The van der Waals surface area contributed by atoms with Gasteiger partial charge in [0.15, 0.2) is 10.3 Å². The molecule has 0 radical (unpaired) electrons. The van der Waals surface area contributed by atoms with E-state index < -0.39 is 0 Å². The molecule has 0 bridgehead atoms. The zero-order valence-corrected chi connectivity index (χ0v) is 17.4. The Morgan fingerprint density at radius 2 is 1.93 bits per heavy atom. The molecule has 2 heterocycles. The van der Waals surface area contributed by atoms with Crippen molar-refractivity contribution < 1.29 is 9.59 Å². The number of anilines is 2. The van der Waals surface area contributed by atoms with Crippen molar-refractivity contribution in [1.29, 1.82) is 0 Å². The van der Waals surface area contributed by atoms with E-state index in [4.69, 9.17) is 11.6 Å². The summed E-state index contributed by atoms with van der Waals surface area (Å²) < 4.78 is 0. The van der Waals surface area contributed by atoms with E-state index in [-0.39, 0.29) is 17.7 Å². The van der Waals surface area contributed by atoms with Crippen LogP contribution in [0.15, 0.2) is 30.5 Å². The van der Waals surface area contributed by atoms with Crippen molar-refractivity contribution in [2.24, 2.45) is 0 Å². The number of fused-ring (bicyclic) bond motifs is 1. The lowest BCUT2D eigenvalue weighted by Crippen LogP contribution is -2.24. The number of carbonyl (C=O) groups is 2. The van der Waals surface area contributed by atoms with Gasteiger partial charge in [-0.25, -0.2) is 9.97 Å². The quantitative estimate of drug-likeness (QED) is 0.615. The molecule has 1 aromatic carbocycles. The van der Waals surface area contributed by atoms with Gasteiger partial charge in [0.05, 0.1) is 11.6 Å². The molecule has 144 valence electrons. The van der Waals surface area contributed by atoms with Gasteiger partial charge in [0, 0.05) is 26.5 Å². The third-order valence-corrected chi connectivity index (χ3v) is 6.58. The Balaban J connectivity index is 1.50. The summed E-state index contributed by atoms with van der Waals surface area (Å²) in [6.07, 6.45) is 4.25. The number of benzene rings is 1. The van der Waals surface area contributed by atoms with Crippen LogP contribution in [-0.2, 0) is 11.2 Å². The van der Waals surface area contributed by atoms with Crippen LogP contribution in [0.25, 0.3) is 0 Å². The topological polar surface area (TPSA) is 84.0 Å². The van der Waals surface area contributed by atoms with E-state index in [2.05, 4.69) is 20.6 Å². The Morgan fingerprint density at radius 1 is 1.14 bits per heavy atom. The average Bonchev–Trinajstić information content (AvgIpc) is 3.27. The number of halogens is 1. The lowest BCUT2D eigenvalue weighted by atomic mass is 9.90. The Morgan fingerprint density at radius 3 is 2.64 bits per heavy atom. The van der Waals surface area contributed by atoms with Crippen LogP contribution in [0, 0.1) is 6.92 Å². The van der Waals surface area contributed by atoms with Gasteiger partial charge in [-0.15, -0.1) is 22.7 Å². The molecule has 1 atom stereocenters. The van der Waals surface area contributed by atoms with Gasteiger partial charge >= 0.3 is 0 Å². The van der Waals surface area contributed by atoms with Crippen molar-refractivity contribution in [3.63, 3.8) is 0 Å². The van der Waals surface area contributed by atoms with Crippen LogP contribution in [0.3, 0.4) is 0 Å². The molecule has 28 heavy (non-hydrogen) atoms. The van der Waals surface area contributed by atoms with Crippen LogP contribution >= 0.6 is 34.3 Å². The molecule has 4 rings (SSSR count). The van der Waals surface area contributed by atoms with Gasteiger partial charge in [0.1, 0.15) is 0 Å². The van der Waals surface area contributed by atoms with Crippen LogP contribution in [0.2, 0.25) is 5.02 Å². The number of hydrogen-bond acceptors (Lipinski definition) is 6. The van der Waals surface area contributed by atoms with Crippen LogP contribution in [-0.4, -0.2) is 21.8 Å². The zero-order chi connectivity index (χ0) is 19.7. The molecule has 6 nitrogen and oxygen atoms in total. The monoisotopic (exact) mass is 432 g/mol. The summed E-state index contributed by atoms with van der Waals surface area (Å²) in [4.78, 5) is 36.0.